The van der Waals surface area contributed by atoms with E-state index in [1.54, 1.807) is 48.4 Å². The maximum Gasteiger partial charge on any atom is 0.225 e. The fourth-order valence-corrected chi connectivity index (χ4v) is 4.04. The Hall–Kier alpha value is -4.16. The summed E-state index contributed by atoms with van der Waals surface area (Å²) in [6.45, 7) is -3.26. The number of nitrogens with two attached hydrogens (primary N) is 1. The van der Waals surface area contributed by atoms with E-state index in [1.165, 1.54) is 20.4 Å². The van der Waals surface area contributed by atoms with Crippen molar-refractivity contribution in [2.24, 2.45) is 0 Å². The number of ether oxygens (including phenoxy) is 2. The van der Waals surface area contributed by atoms with E-state index in [9.17, 15) is 0 Å². The summed E-state index contributed by atoms with van der Waals surface area (Å²) in [5, 5.41) is 8.95. The highest BCUT2D eigenvalue weighted by molar-refractivity contribution is 5.90. The lowest BCUT2D eigenvalue weighted by Crippen LogP contribution is -2.47. The average molecular weight is 509 g/mol. The van der Waals surface area contributed by atoms with E-state index in [0.29, 0.717) is 35.8 Å². The smallest absolute Gasteiger partial charge is 0.225 e. The minimum Gasteiger partial charge on any atom is -0.491 e. The van der Waals surface area contributed by atoms with Crippen molar-refractivity contribution in [3.63, 3.8) is 0 Å². The lowest BCUT2D eigenvalue weighted by Gasteiger charge is -2.36. The van der Waals surface area contributed by atoms with E-state index in [0.717, 1.165) is 0 Å². The summed E-state index contributed by atoms with van der Waals surface area (Å²) in [5.41, 5.74) is 7.41. The number of methoxy groups -OCH3 is 1. The standard InChI is InChI=1S/C25H29N9O3/c1-35-15-16-36-19-6-4-18(5-7-19)32-11-8-31(9-12-32)10-13-33-23-20(17-27-33)24-28-22(21-3-2-14-37-21)30-34(24)25(26)29-23/h2-7,14,17H,8-13,15-16H2,1H3,(H2,26,29)/i8D2,9D2,17D. The van der Waals surface area contributed by atoms with E-state index >= 15 is 0 Å². The molecule has 12 nitrogen and oxygen atoms in total. The van der Waals surface area contributed by atoms with Crippen molar-refractivity contribution in [1.29, 1.82) is 0 Å². The molecule has 0 aliphatic carbocycles. The topological polar surface area (TPSA) is 125 Å². The van der Waals surface area contributed by atoms with E-state index in [-0.39, 0.29) is 55.4 Å². The molecule has 2 N–H and O–H groups in total. The molecular weight excluding hydrogens is 474 g/mol. The molecular formula is C25H29N9O3. The molecule has 6 rings (SSSR count). The highest BCUT2D eigenvalue weighted by Gasteiger charge is 2.20. The molecule has 5 heterocycles. The van der Waals surface area contributed by atoms with Crippen molar-refractivity contribution >= 4 is 28.3 Å². The minimum atomic E-state index is -2.02. The monoisotopic (exact) mass is 508 g/mol. The SMILES string of the molecule is [2H]c1nn(CCN2C([2H])([2H])CN(c3ccc(OCCOC)cc3)CC2([2H])[2H])c2nc(N)n3nc(-c4ccco4)nc3c12. The number of furan rings is 1. The second-order valence-electron chi connectivity index (χ2n) is 8.31. The van der Waals surface area contributed by atoms with Gasteiger partial charge in [-0.1, -0.05) is 0 Å². The zero-order chi connectivity index (χ0) is 29.6. The number of piperazine rings is 1. The lowest BCUT2D eigenvalue weighted by molar-refractivity contribution is 0.146. The molecule has 1 aliphatic heterocycles. The summed E-state index contributed by atoms with van der Waals surface area (Å²) in [6, 6.07) is 10.5. The van der Waals surface area contributed by atoms with Crippen LogP contribution in [0, 0.1) is 0 Å². The molecule has 0 amide bonds. The van der Waals surface area contributed by atoms with E-state index in [2.05, 4.69) is 20.2 Å². The molecule has 0 bridgehead atoms. The number of aromatic nitrogens is 6. The van der Waals surface area contributed by atoms with Crippen molar-refractivity contribution in [1.82, 2.24) is 34.3 Å². The van der Waals surface area contributed by atoms with Gasteiger partial charge in [-0.15, -0.1) is 5.10 Å². The normalized spacial score (nSPS) is 19.4. The van der Waals surface area contributed by atoms with Crippen LogP contribution >= 0.6 is 0 Å². The predicted molar refractivity (Wildman–Crippen MR) is 139 cm³/mol. The predicted octanol–water partition coefficient (Wildman–Crippen LogP) is 2.16. The maximum absolute atomic E-state index is 8.76. The highest BCUT2D eigenvalue weighted by atomic mass is 16.5. The van der Waals surface area contributed by atoms with Gasteiger partial charge < -0.3 is 24.5 Å². The van der Waals surface area contributed by atoms with Gasteiger partial charge in [0.1, 0.15) is 12.4 Å². The van der Waals surface area contributed by atoms with Gasteiger partial charge >= 0.3 is 0 Å². The summed E-state index contributed by atoms with van der Waals surface area (Å²) in [5.74, 6) is 1.38. The minimum absolute atomic E-state index is 0.0262. The number of nitrogen functional groups attached to an aromatic ring is 1. The quantitative estimate of drug-likeness (QED) is 0.296. The van der Waals surface area contributed by atoms with Crippen molar-refractivity contribution in [2.45, 2.75) is 6.54 Å². The zero-order valence-electron chi connectivity index (χ0n) is 25.2. The van der Waals surface area contributed by atoms with Crippen LogP contribution in [0.15, 0.2) is 53.3 Å². The van der Waals surface area contributed by atoms with Crippen LogP contribution in [-0.4, -0.2) is 87.2 Å². The van der Waals surface area contributed by atoms with Gasteiger partial charge in [0.2, 0.25) is 11.8 Å². The molecule has 1 saturated heterocycles. The number of benzene rings is 1. The van der Waals surface area contributed by atoms with Crippen LogP contribution in [0.2, 0.25) is 0 Å². The second kappa shape index (κ2) is 10.1. The van der Waals surface area contributed by atoms with E-state index in [4.69, 9.17) is 26.5 Å². The summed E-state index contributed by atoms with van der Waals surface area (Å²) >= 11 is 0. The first kappa shape index (κ1) is 18.1. The van der Waals surface area contributed by atoms with Crippen molar-refractivity contribution < 1.29 is 20.7 Å². The van der Waals surface area contributed by atoms with Crippen LogP contribution in [0.3, 0.4) is 0 Å². The molecule has 192 valence electrons. The summed E-state index contributed by atoms with van der Waals surface area (Å²) in [6.07, 6.45) is 1.39. The Labute approximate surface area is 220 Å². The van der Waals surface area contributed by atoms with Gasteiger partial charge in [0, 0.05) is 50.9 Å². The first-order valence-corrected chi connectivity index (χ1v) is 11.8. The highest BCUT2D eigenvalue weighted by Crippen LogP contribution is 2.24. The van der Waals surface area contributed by atoms with Gasteiger partial charge in [0.15, 0.2) is 17.1 Å². The van der Waals surface area contributed by atoms with Gasteiger partial charge in [-0.2, -0.15) is 14.6 Å². The summed E-state index contributed by atoms with van der Waals surface area (Å²) in [7, 11) is 1.60. The van der Waals surface area contributed by atoms with Crippen LogP contribution in [-0.2, 0) is 11.3 Å². The third kappa shape index (κ3) is 4.68. The Bertz CT molecular complexity index is 1690. The van der Waals surface area contributed by atoms with E-state index in [1.807, 2.05) is 0 Å². The molecule has 0 spiro atoms. The summed E-state index contributed by atoms with van der Waals surface area (Å²) < 4.78 is 62.2. The van der Waals surface area contributed by atoms with Gasteiger partial charge in [0.05, 0.1) is 32.3 Å². The molecule has 4 aromatic heterocycles. The fraction of sp³-hybridized carbons (Fsp3) is 0.360. The van der Waals surface area contributed by atoms with Crippen LogP contribution in [0.25, 0.3) is 28.3 Å². The van der Waals surface area contributed by atoms with Gasteiger partial charge in [-0.3, -0.25) is 4.90 Å². The number of hydrogen-bond acceptors (Lipinski definition) is 10. The Balaban J connectivity index is 1.22. The van der Waals surface area contributed by atoms with E-state index < -0.39 is 13.0 Å². The van der Waals surface area contributed by atoms with Crippen LogP contribution in [0.4, 0.5) is 11.6 Å². The third-order valence-corrected chi connectivity index (χ3v) is 5.96. The molecule has 1 fully saturated rings. The number of rotatable bonds is 9. The number of anilines is 2. The Kier molecular flexibility index (Phi) is 4.94. The van der Waals surface area contributed by atoms with Crippen LogP contribution < -0.4 is 15.4 Å². The van der Waals surface area contributed by atoms with Gasteiger partial charge in [-0.05, 0) is 36.4 Å². The molecule has 5 aromatic rings. The number of hydrogen-bond donors (Lipinski definition) is 1. The van der Waals surface area contributed by atoms with Crippen LogP contribution in [0.1, 0.15) is 6.85 Å². The molecule has 37 heavy (non-hydrogen) atoms. The van der Waals surface area contributed by atoms with Crippen molar-refractivity contribution in [3.05, 3.63) is 48.8 Å². The maximum atomic E-state index is 8.76. The van der Waals surface area contributed by atoms with Crippen molar-refractivity contribution in [2.75, 3.05) is 63.6 Å². The fourth-order valence-electron chi connectivity index (χ4n) is 4.04. The lowest BCUT2D eigenvalue weighted by atomic mass is 10.2. The van der Waals surface area contributed by atoms with Crippen molar-refractivity contribution in [3.8, 4) is 17.3 Å². The third-order valence-electron chi connectivity index (χ3n) is 5.96. The molecule has 1 aromatic carbocycles. The molecule has 0 saturated carbocycles. The van der Waals surface area contributed by atoms with Crippen LogP contribution in [0.5, 0.6) is 5.75 Å². The first-order valence-electron chi connectivity index (χ1n) is 14.3. The molecule has 0 atom stereocenters. The Morgan fingerprint density at radius 3 is 2.68 bits per heavy atom. The Morgan fingerprint density at radius 1 is 1.08 bits per heavy atom. The average Bonchev–Trinajstić information content (AvgIpc) is 3.68. The molecule has 0 radical (unpaired) electrons. The van der Waals surface area contributed by atoms with Gasteiger partial charge in [0.25, 0.3) is 0 Å². The molecule has 12 heteroatoms. The number of fused-ring (bicyclic) bond motifs is 3. The summed E-state index contributed by atoms with van der Waals surface area (Å²) in [4.78, 5) is 11.8. The largest absolute Gasteiger partial charge is 0.491 e. The Morgan fingerprint density at radius 2 is 1.92 bits per heavy atom. The molecule has 0 unspecified atom stereocenters. The zero-order valence-corrected chi connectivity index (χ0v) is 20.2. The van der Waals surface area contributed by atoms with Gasteiger partial charge in [-0.25, -0.2) is 9.67 Å². The number of nitrogens with zero attached hydrogens (tertiary/aromatic N) is 8. The first-order chi connectivity index (χ1) is 20.1. The second-order valence-corrected chi connectivity index (χ2v) is 8.31. The molecule has 1 aliphatic rings.